The molecule has 0 aromatic heterocycles. The molecule has 128 valence electrons. The van der Waals surface area contributed by atoms with Crippen molar-refractivity contribution in [2.24, 2.45) is 10.4 Å². The van der Waals surface area contributed by atoms with Gasteiger partial charge in [-0.2, -0.15) is 0 Å². The van der Waals surface area contributed by atoms with Gasteiger partial charge in [-0.05, 0) is 11.5 Å². The van der Waals surface area contributed by atoms with Crippen molar-refractivity contribution in [3.63, 3.8) is 0 Å². The molecule has 0 saturated heterocycles. The second-order valence-electron chi connectivity index (χ2n) is 6.71. The zero-order valence-electron chi connectivity index (χ0n) is 14.7. The van der Waals surface area contributed by atoms with Crippen molar-refractivity contribution in [2.45, 2.75) is 33.2 Å². The Kier molecular flexibility index (Phi) is 5.88. The second-order valence-corrected chi connectivity index (χ2v) is 6.71. The molecule has 0 fully saturated rings. The van der Waals surface area contributed by atoms with Gasteiger partial charge in [0, 0.05) is 38.0 Å². The summed E-state index contributed by atoms with van der Waals surface area (Å²) in [7, 11) is 3.32. The van der Waals surface area contributed by atoms with E-state index in [2.05, 4.69) is 25.8 Å². The number of aliphatic imine (C=N–C) groups is 1. The Morgan fingerprint density at radius 2 is 1.96 bits per heavy atom. The van der Waals surface area contributed by atoms with Gasteiger partial charge in [-0.1, -0.05) is 20.8 Å². The van der Waals surface area contributed by atoms with Gasteiger partial charge in [0.25, 0.3) is 0 Å². The van der Waals surface area contributed by atoms with Crippen molar-refractivity contribution >= 4 is 6.21 Å². The van der Waals surface area contributed by atoms with E-state index in [0.29, 0.717) is 31.3 Å². The largest absolute Gasteiger partial charge is 0.493 e. The monoisotopic (exact) mass is 321 g/mol. The highest BCUT2D eigenvalue weighted by Crippen LogP contribution is 2.36. The molecule has 1 aliphatic heterocycles. The molecule has 0 radical (unpaired) electrons. The van der Waals surface area contributed by atoms with Crippen molar-refractivity contribution in [1.29, 1.82) is 0 Å². The molecule has 0 bridgehead atoms. The van der Waals surface area contributed by atoms with Crippen LogP contribution in [-0.2, 0) is 4.74 Å². The maximum Gasteiger partial charge on any atom is 0.164 e. The molecule has 1 unspecified atom stereocenters. The summed E-state index contributed by atoms with van der Waals surface area (Å²) in [6, 6.07) is 3.92. The normalized spacial score (nSPS) is 17.2. The van der Waals surface area contributed by atoms with Gasteiger partial charge in [0.2, 0.25) is 0 Å². The third kappa shape index (κ3) is 4.61. The van der Waals surface area contributed by atoms with Crippen LogP contribution in [0, 0.1) is 5.41 Å². The maximum atomic E-state index is 5.97. The molecular formula is C18H27NO4. The number of rotatable bonds is 6. The van der Waals surface area contributed by atoms with Crippen molar-refractivity contribution in [1.82, 2.24) is 0 Å². The van der Waals surface area contributed by atoms with Gasteiger partial charge >= 0.3 is 0 Å². The summed E-state index contributed by atoms with van der Waals surface area (Å²) in [5.74, 6) is 2.15. The highest BCUT2D eigenvalue weighted by Gasteiger charge is 2.26. The van der Waals surface area contributed by atoms with E-state index >= 15 is 0 Å². The van der Waals surface area contributed by atoms with Crippen LogP contribution in [0.2, 0.25) is 0 Å². The Morgan fingerprint density at radius 3 is 2.61 bits per heavy atom. The van der Waals surface area contributed by atoms with E-state index in [1.165, 1.54) is 0 Å². The molecule has 1 heterocycles. The van der Waals surface area contributed by atoms with E-state index in [4.69, 9.17) is 18.9 Å². The van der Waals surface area contributed by atoms with Crippen LogP contribution in [0.5, 0.6) is 17.2 Å². The molecular weight excluding hydrogens is 294 g/mol. The predicted octanol–water partition coefficient (Wildman–Crippen LogP) is 3.34. The van der Waals surface area contributed by atoms with E-state index in [9.17, 15) is 0 Å². The second kappa shape index (κ2) is 7.68. The van der Waals surface area contributed by atoms with Crippen LogP contribution in [0.25, 0.3) is 0 Å². The maximum absolute atomic E-state index is 5.97. The quantitative estimate of drug-likeness (QED) is 0.754. The van der Waals surface area contributed by atoms with Gasteiger partial charge in [-0.3, -0.25) is 4.99 Å². The number of hydrogen-bond acceptors (Lipinski definition) is 5. The lowest BCUT2D eigenvalue weighted by Crippen LogP contribution is -2.29. The topological polar surface area (TPSA) is 49.3 Å². The average Bonchev–Trinajstić information content (AvgIpc) is 2.72. The van der Waals surface area contributed by atoms with Crippen molar-refractivity contribution in [3.8, 4) is 17.2 Å². The van der Waals surface area contributed by atoms with E-state index in [0.717, 1.165) is 17.7 Å². The number of ether oxygens (including phenoxy) is 4. The van der Waals surface area contributed by atoms with E-state index in [-0.39, 0.29) is 11.5 Å². The number of nitrogens with zero attached hydrogens (tertiary/aromatic N) is 1. The Morgan fingerprint density at radius 1 is 1.17 bits per heavy atom. The molecule has 0 N–H and O–H groups in total. The summed E-state index contributed by atoms with van der Waals surface area (Å²) in [5.41, 5.74) is 0.972. The van der Waals surface area contributed by atoms with E-state index < -0.39 is 0 Å². The predicted molar refractivity (Wildman–Crippen MR) is 91.3 cm³/mol. The summed E-state index contributed by atoms with van der Waals surface area (Å²) in [6.45, 7) is 8.30. The van der Waals surface area contributed by atoms with Gasteiger partial charge in [-0.15, -0.1) is 0 Å². The minimum Gasteiger partial charge on any atom is -0.493 e. The molecule has 0 spiro atoms. The number of methoxy groups -OCH3 is 2. The fourth-order valence-corrected chi connectivity index (χ4v) is 2.30. The van der Waals surface area contributed by atoms with Crippen LogP contribution in [0.15, 0.2) is 17.1 Å². The summed E-state index contributed by atoms with van der Waals surface area (Å²) in [4.78, 5) is 4.66. The first-order valence-corrected chi connectivity index (χ1v) is 7.95. The molecule has 0 amide bonds. The Hall–Kier alpha value is -1.75. The lowest BCUT2D eigenvalue weighted by Gasteiger charge is -2.25. The van der Waals surface area contributed by atoms with Gasteiger partial charge in [-0.25, -0.2) is 0 Å². The third-order valence-electron chi connectivity index (χ3n) is 3.84. The Labute approximate surface area is 138 Å². The van der Waals surface area contributed by atoms with Crippen LogP contribution in [0.1, 0.15) is 32.8 Å². The Bertz CT molecular complexity index is 549. The first-order chi connectivity index (χ1) is 11.0. The summed E-state index contributed by atoms with van der Waals surface area (Å²) < 4.78 is 22.2. The van der Waals surface area contributed by atoms with Crippen LogP contribution in [-0.4, -0.2) is 46.3 Å². The van der Waals surface area contributed by atoms with Crippen molar-refractivity contribution < 1.29 is 18.9 Å². The van der Waals surface area contributed by atoms with Gasteiger partial charge in [0.1, 0.15) is 12.4 Å². The van der Waals surface area contributed by atoms with E-state index in [1.54, 1.807) is 14.2 Å². The van der Waals surface area contributed by atoms with Crippen LogP contribution < -0.4 is 14.2 Å². The first kappa shape index (κ1) is 17.6. The molecule has 2 rings (SSSR count). The lowest BCUT2D eigenvalue weighted by molar-refractivity contribution is 0.170. The van der Waals surface area contributed by atoms with Gasteiger partial charge in [0.05, 0.1) is 19.8 Å². The molecule has 1 aromatic rings. The zero-order chi connectivity index (χ0) is 16.9. The van der Waals surface area contributed by atoms with Crippen molar-refractivity contribution in [2.75, 3.05) is 34.0 Å². The first-order valence-electron chi connectivity index (χ1n) is 7.95. The third-order valence-corrected chi connectivity index (χ3v) is 3.84. The standard InChI is InChI=1S/C18H27NO4/c1-18(2,3)17-12-23-14-10-16(22-8-6-7-20-4)15(21-5)9-13(14)11-19-17/h9-11,17H,6-8,12H2,1-5H3. The molecule has 1 atom stereocenters. The lowest BCUT2D eigenvalue weighted by atomic mass is 9.88. The average molecular weight is 321 g/mol. The SMILES string of the molecule is COCCCOc1cc2c(cc1OC)C=NC(C(C)(C)C)CO2. The van der Waals surface area contributed by atoms with E-state index in [1.807, 2.05) is 18.3 Å². The van der Waals surface area contributed by atoms with Gasteiger partial charge in [0.15, 0.2) is 11.5 Å². The van der Waals surface area contributed by atoms with Crippen LogP contribution >= 0.6 is 0 Å². The number of hydrogen-bond donors (Lipinski definition) is 0. The van der Waals surface area contributed by atoms with Crippen LogP contribution in [0.3, 0.4) is 0 Å². The molecule has 1 aromatic carbocycles. The molecule has 5 heteroatoms. The number of fused-ring (bicyclic) bond motifs is 1. The smallest absolute Gasteiger partial charge is 0.164 e. The molecule has 5 nitrogen and oxygen atoms in total. The minimum atomic E-state index is 0.0577. The fourth-order valence-electron chi connectivity index (χ4n) is 2.30. The molecule has 0 aliphatic carbocycles. The summed E-state index contributed by atoms with van der Waals surface area (Å²) in [5, 5.41) is 0. The van der Waals surface area contributed by atoms with Gasteiger partial charge < -0.3 is 18.9 Å². The zero-order valence-corrected chi connectivity index (χ0v) is 14.7. The highest BCUT2D eigenvalue weighted by molar-refractivity contribution is 5.85. The Balaban J connectivity index is 2.17. The highest BCUT2D eigenvalue weighted by atomic mass is 16.5. The molecule has 1 aliphatic rings. The summed E-state index contributed by atoms with van der Waals surface area (Å²) in [6.07, 6.45) is 2.70. The molecule has 23 heavy (non-hydrogen) atoms. The summed E-state index contributed by atoms with van der Waals surface area (Å²) >= 11 is 0. The fraction of sp³-hybridized carbons (Fsp3) is 0.611. The molecule has 0 saturated carbocycles. The van der Waals surface area contributed by atoms with Crippen molar-refractivity contribution in [3.05, 3.63) is 17.7 Å². The number of benzene rings is 1. The van der Waals surface area contributed by atoms with Crippen LogP contribution in [0.4, 0.5) is 0 Å². The minimum absolute atomic E-state index is 0.0577.